The maximum atomic E-state index is 12.1. The van der Waals surface area contributed by atoms with Crippen LogP contribution in [0.4, 0.5) is 4.79 Å². The summed E-state index contributed by atoms with van der Waals surface area (Å²) in [7, 11) is 0. The van der Waals surface area contributed by atoms with Gasteiger partial charge in [0.15, 0.2) is 0 Å². The predicted molar refractivity (Wildman–Crippen MR) is 122 cm³/mol. The molecule has 0 fully saturated rings. The minimum absolute atomic E-state index is 0.187. The molecule has 6 nitrogen and oxygen atoms in total. The maximum absolute atomic E-state index is 12.1. The van der Waals surface area contributed by atoms with Crippen LogP contribution in [0.15, 0.2) is 59.0 Å². The topological polar surface area (TPSA) is 95.4 Å². The van der Waals surface area contributed by atoms with Crippen molar-refractivity contribution in [2.45, 2.75) is 33.1 Å². The Hall–Kier alpha value is -3.06. The van der Waals surface area contributed by atoms with E-state index in [0.717, 1.165) is 28.3 Å². The van der Waals surface area contributed by atoms with Crippen LogP contribution in [0.3, 0.4) is 0 Å². The molecule has 0 aliphatic carbocycles. The van der Waals surface area contributed by atoms with Gasteiger partial charge in [-0.25, -0.2) is 4.98 Å². The Bertz CT molecular complexity index is 1020. The third-order valence-corrected chi connectivity index (χ3v) is 5.69. The van der Waals surface area contributed by atoms with E-state index in [4.69, 9.17) is 14.9 Å². The molecule has 0 spiro atoms. The molecule has 7 heteroatoms. The molecule has 0 aliphatic heterocycles. The van der Waals surface area contributed by atoms with Gasteiger partial charge in [-0.15, -0.1) is 0 Å². The molecule has 0 saturated heterocycles. The van der Waals surface area contributed by atoms with Crippen LogP contribution in [0.1, 0.15) is 30.4 Å². The first kappa shape index (κ1) is 22.6. The lowest BCUT2D eigenvalue weighted by Crippen LogP contribution is -2.17. The lowest BCUT2D eigenvalue weighted by Gasteiger charge is -2.13. The van der Waals surface area contributed by atoms with E-state index in [0.29, 0.717) is 43.5 Å². The number of nitrogens with zero attached hydrogens (tertiary/aromatic N) is 1. The van der Waals surface area contributed by atoms with E-state index in [1.807, 2.05) is 68.4 Å². The van der Waals surface area contributed by atoms with Gasteiger partial charge in [-0.2, -0.15) is 0 Å². The Kier molecular flexibility index (Phi) is 7.89. The average molecular weight is 439 g/mol. The molecule has 1 heterocycles. The lowest BCUT2D eigenvalue weighted by molar-refractivity contribution is -0.114. The van der Waals surface area contributed by atoms with E-state index in [1.165, 1.54) is 0 Å². The highest BCUT2D eigenvalue weighted by atomic mass is 32.2. The number of hydrogen-bond acceptors (Lipinski definition) is 6. The summed E-state index contributed by atoms with van der Waals surface area (Å²) in [6, 6.07) is 17.5. The lowest BCUT2D eigenvalue weighted by atomic mass is 9.98. The zero-order valence-electron chi connectivity index (χ0n) is 17.7. The third kappa shape index (κ3) is 6.46. The summed E-state index contributed by atoms with van der Waals surface area (Å²) < 4.78 is 11.6. The number of aryl methyl sites for hydroxylation is 1. The van der Waals surface area contributed by atoms with E-state index >= 15 is 0 Å². The summed E-state index contributed by atoms with van der Waals surface area (Å²) in [5.74, 6) is 1.92. The van der Waals surface area contributed by atoms with Crippen LogP contribution in [-0.2, 0) is 17.6 Å². The summed E-state index contributed by atoms with van der Waals surface area (Å²) in [6.07, 6.45) is 1.86. The first-order chi connectivity index (χ1) is 15.0. The molecule has 3 aromatic rings. The molecule has 1 unspecified atom stereocenters. The molecule has 2 N–H and O–H groups in total. The normalized spacial score (nSPS) is 11.8. The van der Waals surface area contributed by atoms with Crippen molar-refractivity contribution >= 4 is 22.1 Å². The molecule has 1 aromatic heterocycles. The van der Waals surface area contributed by atoms with Crippen LogP contribution in [0, 0.1) is 12.8 Å². The number of primary amides is 1. The highest BCUT2D eigenvalue weighted by Crippen LogP contribution is 2.23. The van der Waals surface area contributed by atoms with Gasteiger partial charge >= 0.3 is 0 Å². The number of rotatable bonds is 9. The zero-order valence-corrected chi connectivity index (χ0v) is 18.5. The second-order valence-corrected chi connectivity index (χ2v) is 8.19. The van der Waals surface area contributed by atoms with Crippen molar-refractivity contribution in [3.05, 3.63) is 71.6 Å². The third-order valence-electron chi connectivity index (χ3n) is 4.95. The molecule has 2 aromatic carbocycles. The SMILES string of the molecule is CCC(Cc1ccc(OCCc2nc(-c3ccccc3)oc2C)cc1)C(=O)SC(N)=O. The smallest absolute Gasteiger partial charge is 0.284 e. The van der Waals surface area contributed by atoms with E-state index in [2.05, 4.69) is 4.98 Å². The number of carbonyl (C=O) groups excluding carboxylic acids is 2. The largest absolute Gasteiger partial charge is 0.493 e. The average Bonchev–Trinajstić information content (AvgIpc) is 3.13. The van der Waals surface area contributed by atoms with Gasteiger partial charge in [0.1, 0.15) is 11.5 Å². The van der Waals surface area contributed by atoms with Crippen LogP contribution >= 0.6 is 11.8 Å². The fourth-order valence-electron chi connectivity index (χ4n) is 3.21. The van der Waals surface area contributed by atoms with Crippen molar-refractivity contribution in [2.75, 3.05) is 6.61 Å². The molecule has 0 aliphatic rings. The van der Waals surface area contributed by atoms with Crippen molar-refractivity contribution in [3.63, 3.8) is 0 Å². The second kappa shape index (κ2) is 10.8. The summed E-state index contributed by atoms with van der Waals surface area (Å²) in [4.78, 5) is 27.6. The number of benzene rings is 2. The summed E-state index contributed by atoms with van der Waals surface area (Å²) >= 11 is 0.582. The number of nitrogens with two attached hydrogens (primary N) is 1. The Labute approximate surface area is 186 Å². The molecule has 1 atom stereocenters. The van der Waals surface area contributed by atoms with Gasteiger partial charge in [0, 0.05) is 29.7 Å². The number of thioether (sulfide) groups is 1. The van der Waals surface area contributed by atoms with Crippen LogP contribution in [-0.4, -0.2) is 21.9 Å². The minimum Gasteiger partial charge on any atom is -0.493 e. The van der Waals surface area contributed by atoms with Crippen LogP contribution in [0.2, 0.25) is 0 Å². The summed E-state index contributed by atoms with van der Waals surface area (Å²) in [5, 5.41) is -0.849. The highest BCUT2D eigenvalue weighted by Gasteiger charge is 2.20. The van der Waals surface area contributed by atoms with Gasteiger partial charge in [0.05, 0.1) is 12.3 Å². The van der Waals surface area contributed by atoms with Crippen molar-refractivity contribution < 1.29 is 18.7 Å². The molecular weight excluding hydrogens is 412 g/mol. The molecule has 0 saturated carbocycles. The summed E-state index contributed by atoms with van der Waals surface area (Å²) in [5.41, 5.74) is 7.95. The zero-order chi connectivity index (χ0) is 22.2. The number of aromatic nitrogens is 1. The molecular formula is C24H26N2O4S. The Morgan fingerprint density at radius 2 is 1.84 bits per heavy atom. The Morgan fingerprint density at radius 3 is 2.48 bits per heavy atom. The number of carbonyl (C=O) groups is 2. The first-order valence-electron chi connectivity index (χ1n) is 10.2. The minimum atomic E-state index is -0.662. The predicted octanol–water partition coefficient (Wildman–Crippen LogP) is 5.18. The van der Waals surface area contributed by atoms with Gasteiger partial charge in [-0.1, -0.05) is 37.3 Å². The van der Waals surface area contributed by atoms with Crippen LogP contribution in [0.5, 0.6) is 5.75 Å². The Balaban J connectivity index is 1.52. The van der Waals surface area contributed by atoms with Crippen molar-refractivity contribution in [2.24, 2.45) is 11.7 Å². The van der Waals surface area contributed by atoms with Gasteiger partial charge < -0.3 is 14.9 Å². The molecule has 0 bridgehead atoms. The highest BCUT2D eigenvalue weighted by molar-refractivity contribution is 8.26. The van der Waals surface area contributed by atoms with Gasteiger partial charge in [-0.3, -0.25) is 9.59 Å². The maximum Gasteiger partial charge on any atom is 0.284 e. The van der Waals surface area contributed by atoms with Crippen molar-refractivity contribution in [3.8, 4) is 17.2 Å². The summed E-state index contributed by atoms with van der Waals surface area (Å²) in [6.45, 7) is 4.31. The van der Waals surface area contributed by atoms with Crippen LogP contribution < -0.4 is 10.5 Å². The van der Waals surface area contributed by atoms with E-state index in [1.54, 1.807) is 0 Å². The van der Waals surface area contributed by atoms with E-state index in [9.17, 15) is 9.59 Å². The Morgan fingerprint density at radius 1 is 1.13 bits per heavy atom. The number of amides is 1. The standard InChI is InChI=1S/C24H26N2O4S/c1-3-18(23(27)31-24(25)28)15-17-9-11-20(12-10-17)29-14-13-21-16(2)30-22(26-21)19-7-5-4-6-8-19/h4-12,18H,3,13-15H2,1-2H3,(H2,25,28). The van der Waals surface area contributed by atoms with E-state index in [-0.39, 0.29) is 11.0 Å². The van der Waals surface area contributed by atoms with Crippen molar-refractivity contribution in [1.29, 1.82) is 0 Å². The monoisotopic (exact) mass is 438 g/mol. The first-order valence-corrected chi connectivity index (χ1v) is 11.0. The fraction of sp³-hybridized carbons (Fsp3) is 0.292. The second-order valence-electron chi connectivity index (χ2n) is 7.18. The van der Waals surface area contributed by atoms with Gasteiger partial charge in [0.2, 0.25) is 11.0 Å². The molecule has 162 valence electrons. The molecule has 3 rings (SSSR count). The molecule has 1 amide bonds. The van der Waals surface area contributed by atoms with E-state index < -0.39 is 5.24 Å². The number of oxazole rings is 1. The van der Waals surface area contributed by atoms with Crippen LogP contribution in [0.25, 0.3) is 11.5 Å². The quantitative estimate of drug-likeness (QED) is 0.495. The van der Waals surface area contributed by atoms with Gasteiger partial charge in [-0.05, 0) is 49.6 Å². The molecule has 0 radical (unpaired) electrons. The van der Waals surface area contributed by atoms with Gasteiger partial charge in [0.25, 0.3) is 5.24 Å². The fourth-order valence-corrected chi connectivity index (χ4v) is 3.83. The van der Waals surface area contributed by atoms with Crippen molar-refractivity contribution in [1.82, 2.24) is 4.98 Å². The molecule has 31 heavy (non-hydrogen) atoms. The number of hydrogen-bond donors (Lipinski definition) is 1. The number of ether oxygens (including phenoxy) is 1.